The summed E-state index contributed by atoms with van der Waals surface area (Å²) >= 11 is 0. The molecule has 3 nitrogen and oxygen atoms in total. The number of nitrogens with two attached hydrogens (primary N) is 1. The van der Waals surface area contributed by atoms with Crippen LogP contribution in [0.1, 0.15) is 30.4 Å². The van der Waals surface area contributed by atoms with Crippen LogP contribution in [0, 0.1) is 0 Å². The molecule has 2 rings (SSSR count). The van der Waals surface area contributed by atoms with E-state index < -0.39 is 11.7 Å². The lowest BCUT2D eigenvalue weighted by atomic mass is 9.99. The fourth-order valence-corrected chi connectivity index (χ4v) is 2.79. The van der Waals surface area contributed by atoms with E-state index >= 15 is 0 Å². The van der Waals surface area contributed by atoms with Crippen molar-refractivity contribution in [2.24, 2.45) is 5.73 Å². The second kappa shape index (κ2) is 6.47. The van der Waals surface area contributed by atoms with Gasteiger partial charge in [0.1, 0.15) is 0 Å². The highest BCUT2D eigenvalue weighted by molar-refractivity contribution is 5.79. The SMILES string of the molecule is NC[C@H]1CCCCN1C(=O)Cc1ccccc1C(F)(F)F. The van der Waals surface area contributed by atoms with Crippen LogP contribution in [-0.2, 0) is 17.4 Å². The molecule has 1 amide bonds. The van der Waals surface area contributed by atoms with Gasteiger partial charge < -0.3 is 10.6 Å². The summed E-state index contributed by atoms with van der Waals surface area (Å²) in [4.78, 5) is 14.0. The van der Waals surface area contributed by atoms with E-state index in [-0.39, 0.29) is 23.9 Å². The summed E-state index contributed by atoms with van der Waals surface area (Å²) in [7, 11) is 0. The Balaban J connectivity index is 2.16. The Morgan fingerprint density at radius 2 is 2.00 bits per heavy atom. The zero-order valence-corrected chi connectivity index (χ0v) is 11.7. The summed E-state index contributed by atoms with van der Waals surface area (Å²) in [6.07, 6.45) is -1.96. The van der Waals surface area contributed by atoms with Gasteiger partial charge in [0.25, 0.3) is 0 Å². The van der Waals surface area contributed by atoms with Crippen LogP contribution in [0.4, 0.5) is 13.2 Å². The van der Waals surface area contributed by atoms with Crippen LogP contribution in [-0.4, -0.2) is 29.9 Å². The molecule has 0 spiro atoms. The Labute approximate surface area is 121 Å². The first-order valence-electron chi connectivity index (χ1n) is 7.08. The summed E-state index contributed by atoms with van der Waals surface area (Å²) in [6.45, 7) is 0.932. The molecule has 0 saturated carbocycles. The number of nitrogens with zero attached hydrogens (tertiary/aromatic N) is 1. The predicted molar refractivity (Wildman–Crippen MR) is 73.6 cm³/mol. The van der Waals surface area contributed by atoms with Crippen molar-refractivity contribution < 1.29 is 18.0 Å². The second-order valence-electron chi connectivity index (χ2n) is 5.30. The van der Waals surface area contributed by atoms with Gasteiger partial charge in [-0.15, -0.1) is 0 Å². The lowest BCUT2D eigenvalue weighted by molar-refractivity contribution is -0.139. The topological polar surface area (TPSA) is 46.3 Å². The third-order valence-electron chi connectivity index (χ3n) is 3.88. The first kappa shape index (κ1) is 15.8. The molecule has 21 heavy (non-hydrogen) atoms. The van der Waals surface area contributed by atoms with E-state index in [0.717, 1.165) is 25.3 Å². The van der Waals surface area contributed by atoms with E-state index in [2.05, 4.69) is 0 Å². The van der Waals surface area contributed by atoms with Crippen molar-refractivity contribution in [3.63, 3.8) is 0 Å². The lowest BCUT2D eigenvalue weighted by Crippen LogP contribution is -2.48. The van der Waals surface area contributed by atoms with Gasteiger partial charge in [-0.1, -0.05) is 18.2 Å². The first-order valence-corrected chi connectivity index (χ1v) is 7.08. The highest BCUT2D eigenvalue weighted by Crippen LogP contribution is 2.32. The number of rotatable bonds is 3. The van der Waals surface area contributed by atoms with Crippen molar-refractivity contribution in [2.45, 2.75) is 37.9 Å². The van der Waals surface area contributed by atoms with Crippen molar-refractivity contribution in [1.29, 1.82) is 0 Å². The van der Waals surface area contributed by atoms with E-state index in [1.54, 1.807) is 4.90 Å². The molecule has 1 atom stereocenters. The predicted octanol–water partition coefficient (Wildman–Crippen LogP) is 2.59. The van der Waals surface area contributed by atoms with Crippen molar-refractivity contribution in [1.82, 2.24) is 4.90 Å². The number of benzene rings is 1. The molecule has 2 N–H and O–H groups in total. The molecular weight excluding hydrogens is 281 g/mol. The van der Waals surface area contributed by atoms with E-state index in [9.17, 15) is 18.0 Å². The largest absolute Gasteiger partial charge is 0.416 e. The van der Waals surface area contributed by atoms with Gasteiger partial charge in [-0.05, 0) is 30.9 Å². The number of hydrogen-bond donors (Lipinski definition) is 1. The number of halogens is 3. The molecule has 1 fully saturated rings. The van der Waals surface area contributed by atoms with Crippen LogP contribution in [0.3, 0.4) is 0 Å². The molecule has 0 radical (unpaired) electrons. The van der Waals surface area contributed by atoms with Crippen LogP contribution >= 0.6 is 0 Å². The molecule has 116 valence electrons. The molecule has 0 unspecified atom stereocenters. The Bertz CT molecular complexity index is 502. The molecule has 1 aliphatic heterocycles. The number of carbonyl (C=O) groups excluding carboxylic acids is 1. The standard InChI is InChI=1S/C15H19F3N2O/c16-15(17,18)13-7-2-1-5-11(13)9-14(21)20-8-4-3-6-12(20)10-19/h1-2,5,7,12H,3-4,6,8-10,19H2/t12-/m1/s1. The van der Waals surface area contributed by atoms with Gasteiger partial charge in [0.2, 0.25) is 5.91 Å². The van der Waals surface area contributed by atoms with Crippen molar-refractivity contribution in [3.05, 3.63) is 35.4 Å². The smallest absolute Gasteiger partial charge is 0.338 e. The molecular formula is C15H19F3N2O. The zero-order valence-electron chi connectivity index (χ0n) is 11.7. The van der Waals surface area contributed by atoms with Crippen LogP contribution in [0.25, 0.3) is 0 Å². The number of amides is 1. The number of carbonyl (C=O) groups is 1. The van der Waals surface area contributed by atoms with E-state index in [1.807, 2.05) is 0 Å². The molecule has 0 bridgehead atoms. The minimum Gasteiger partial charge on any atom is -0.338 e. The van der Waals surface area contributed by atoms with Gasteiger partial charge in [-0.3, -0.25) is 4.79 Å². The Morgan fingerprint density at radius 3 is 2.67 bits per heavy atom. The molecule has 1 heterocycles. The van der Waals surface area contributed by atoms with Crippen molar-refractivity contribution >= 4 is 5.91 Å². The quantitative estimate of drug-likeness (QED) is 0.932. The summed E-state index contributed by atoms with van der Waals surface area (Å²) in [5.74, 6) is -0.276. The average Bonchev–Trinajstić information content (AvgIpc) is 2.46. The maximum absolute atomic E-state index is 12.9. The van der Waals surface area contributed by atoms with Gasteiger partial charge in [0, 0.05) is 19.1 Å². The molecule has 1 aliphatic rings. The summed E-state index contributed by atoms with van der Waals surface area (Å²) in [5.41, 5.74) is 4.94. The maximum Gasteiger partial charge on any atom is 0.416 e. The number of alkyl halides is 3. The first-order chi connectivity index (χ1) is 9.93. The lowest BCUT2D eigenvalue weighted by Gasteiger charge is -2.35. The fraction of sp³-hybridized carbons (Fsp3) is 0.533. The minimum absolute atomic E-state index is 0.0244. The monoisotopic (exact) mass is 300 g/mol. The number of hydrogen-bond acceptors (Lipinski definition) is 2. The summed E-state index contributed by atoms with van der Waals surface area (Å²) < 4.78 is 38.8. The van der Waals surface area contributed by atoms with Gasteiger partial charge in [0.15, 0.2) is 0 Å². The van der Waals surface area contributed by atoms with Gasteiger partial charge in [0.05, 0.1) is 12.0 Å². The van der Waals surface area contributed by atoms with Gasteiger partial charge in [-0.25, -0.2) is 0 Å². The highest BCUT2D eigenvalue weighted by atomic mass is 19.4. The highest BCUT2D eigenvalue weighted by Gasteiger charge is 2.34. The van der Waals surface area contributed by atoms with E-state index in [4.69, 9.17) is 5.73 Å². The third kappa shape index (κ3) is 3.75. The summed E-state index contributed by atoms with van der Waals surface area (Å²) in [5, 5.41) is 0. The molecule has 1 saturated heterocycles. The van der Waals surface area contributed by atoms with Crippen molar-refractivity contribution in [2.75, 3.05) is 13.1 Å². The third-order valence-corrected chi connectivity index (χ3v) is 3.88. The Kier molecular flexibility index (Phi) is 4.88. The summed E-state index contributed by atoms with van der Waals surface area (Å²) in [6, 6.07) is 5.18. The Morgan fingerprint density at radius 1 is 1.29 bits per heavy atom. The van der Waals surface area contributed by atoms with Gasteiger partial charge >= 0.3 is 6.18 Å². The Hall–Kier alpha value is -1.56. The normalized spacial score (nSPS) is 19.6. The zero-order chi connectivity index (χ0) is 15.5. The second-order valence-corrected chi connectivity index (χ2v) is 5.30. The molecule has 0 aliphatic carbocycles. The molecule has 0 aromatic heterocycles. The van der Waals surface area contributed by atoms with Crippen LogP contribution in [0.2, 0.25) is 0 Å². The van der Waals surface area contributed by atoms with Crippen molar-refractivity contribution in [3.8, 4) is 0 Å². The molecule has 1 aromatic rings. The maximum atomic E-state index is 12.9. The molecule has 1 aromatic carbocycles. The van der Waals surface area contributed by atoms with E-state index in [0.29, 0.717) is 13.1 Å². The number of likely N-dealkylation sites (tertiary alicyclic amines) is 1. The van der Waals surface area contributed by atoms with Crippen LogP contribution in [0.15, 0.2) is 24.3 Å². The molecule has 6 heteroatoms. The fourth-order valence-electron chi connectivity index (χ4n) is 2.79. The minimum atomic E-state index is -4.44. The van der Waals surface area contributed by atoms with Gasteiger partial charge in [-0.2, -0.15) is 13.2 Å². The average molecular weight is 300 g/mol. The van der Waals surface area contributed by atoms with E-state index in [1.165, 1.54) is 18.2 Å². The van der Waals surface area contributed by atoms with Crippen LogP contribution in [0.5, 0.6) is 0 Å². The number of piperidine rings is 1. The van der Waals surface area contributed by atoms with Crippen LogP contribution < -0.4 is 5.73 Å².